The molecule has 0 amide bonds. The van der Waals surface area contributed by atoms with Gasteiger partial charge >= 0.3 is 0 Å². The van der Waals surface area contributed by atoms with Gasteiger partial charge in [0.2, 0.25) is 0 Å². The van der Waals surface area contributed by atoms with Gasteiger partial charge < -0.3 is 4.43 Å². The lowest BCUT2D eigenvalue weighted by molar-refractivity contribution is 0.293. The number of hydrogen-bond acceptors (Lipinski definition) is 1. The Kier molecular flexibility index (Phi) is 7.30. The van der Waals surface area contributed by atoms with Crippen molar-refractivity contribution in [3.05, 3.63) is 22.2 Å². The molecule has 17 heavy (non-hydrogen) atoms. The molecule has 0 spiro atoms. The Morgan fingerprint density at radius 1 is 1.41 bits per heavy atom. The Morgan fingerprint density at radius 3 is 2.35 bits per heavy atom. The summed E-state index contributed by atoms with van der Waals surface area (Å²) in [6, 6.07) is 0. The molecule has 0 fully saturated rings. The van der Waals surface area contributed by atoms with Gasteiger partial charge in [-0.3, -0.25) is 0 Å². The summed E-state index contributed by atoms with van der Waals surface area (Å²) in [6.45, 7) is 15.6. The van der Waals surface area contributed by atoms with Crippen molar-refractivity contribution in [1.29, 1.82) is 0 Å². The summed E-state index contributed by atoms with van der Waals surface area (Å²) in [5.74, 6) is 0. The predicted molar refractivity (Wildman–Crippen MR) is 84.4 cm³/mol. The molecule has 0 radical (unpaired) electrons. The average Bonchev–Trinajstić information content (AvgIpc) is 2.15. The van der Waals surface area contributed by atoms with Crippen molar-refractivity contribution in [2.24, 2.45) is 0 Å². The van der Waals surface area contributed by atoms with Crippen molar-refractivity contribution in [3.8, 4) is 0 Å². The standard InChI is InChI=1S/C13H24BrClOSi/c1-7-8-11(14)12(15)9-10-16-17(5,6)13(2,3)4/h7H,1,8-10H2,2-6H3/b12-11-. The van der Waals surface area contributed by atoms with Gasteiger partial charge in [-0.05, 0) is 24.6 Å². The topological polar surface area (TPSA) is 9.23 Å². The molecular formula is C13H24BrClOSi. The molecule has 0 aliphatic carbocycles. The summed E-state index contributed by atoms with van der Waals surface area (Å²) >= 11 is 9.63. The summed E-state index contributed by atoms with van der Waals surface area (Å²) in [4.78, 5) is 0. The SMILES string of the molecule is C=CC/C(Br)=C(/Cl)CCO[Si](C)(C)C(C)(C)C. The van der Waals surface area contributed by atoms with E-state index in [4.69, 9.17) is 16.0 Å². The minimum Gasteiger partial charge on any atom is -0.416 e. The largest absolute Gasteiger partial charge is 0.416 e. The van der Waals surface area contributed by atoms with E-state index < -0.39 is 8.32 Å². The van der Waals surface area contributed by atoms with Crippen LogP contribution in [0.5, 0.6) is 0 Å². The van der Waals surface area contributed by atoms with Gasteiger partial charge in [0.15, 0.2) is 8.32 Å². The average molecular weight is 340 g/mol. The highest BCUT2D eigenvalue weighted by Gasteiger charge is 2.36. The van der Waals surface area contributed by atoms with E-state index in [1.807, 2.05) is 6.08 Å². The maximum atomic E-state index is 6.17. The van der Waals surface area contributed by atoms with E-state index in [2.05, 4.69) is 56.4 Å². The first-order chi connectivity index (χ1) is 7.62. The van der Waals surface area contributed by atoms with Gasteiger partial charge in [0, 0.05) is 22.5 Å². The summed E-state index contributed by atoms with van der Waals surface area (Å²) < 4.78 is 7.07. The molecule has 0 rings (SSSR count). The highest BCUT2D eigenvalue weighted by atomic mass is 79.9. The molecule has 0 atom stereocenters. The summed E-state index contributed by atoms with van der Waals surface area (Å²) in [7, 11) is -1.64. The van der Waals surface area contributed by atoms with Crippen LogP contribution in [0.15, 0.2) is 22.2 Å². The molecule has 0 unspecified atom stereocenters. The monoisotopic (exact) mass is 338 g/mol. The van der Waals surface area contributed by atoms with Gasteiger partial charge in [0.05, 0.1) is 0 Å². The van der Waals surface area contributed by atoms with Gasteiger partial charge in [-0.25, -0.2) is 0 Å². The van der Waals surface area contributed by atoms with E-state index >= 15 is 0 Å². The van der Waals surface area contributed by atoms with E-state index in [0.29, 0.717) is 6.61 Å². The number of rotatable bonds is 6. The Labute approximate surface area is 121 Å². The summed E-state index contributed by atoms with van der Waals surface area (Å²) in [5, 5.41) is 1.09. The van der Waals surface area contributed by atoms with Crippen LogP contribution in [0.2, 0.25) is 18.1 Å². The highest BCUT2D eigenvalue weighted by Crippen LogP contribution is 2.36. The van der Waals surface area contributed by atoms with Crippen LogP contribution < -0.4 is 0 Å². The molecule has 1 nitrogen and oxygen atoms in total. The van der Waals surface area contributed by atoms with Crippen molar-refractivity contribution in [3.63, 3.8) is 0 Å². The molecule has 0 aliphatic rings. The fraction of sp³-hybridized carbons (Fsp3) is 0.692. The molecule has 0 N–H and O–H groups in total. The number of hydrogen-bond donors (Lipinski definition) is 0. The molecule has 0 saturated carbocycles. The van der Waals surface area contributed by atoms with Crippen LogP contribution in [-0.4, -0.2) is 14.9 Å². The molecule has 0 aromatic carbocycles. The predicted octanol–water partition coefficient (Wildman–Crippen LogP) is 5.82. The Morgan fingerprint density at radius 2 is 1.94 bits per heavy atom. The fourth-order valence-corrected chi connectivity index (χ4v) is 2.61. The third-order valence-electron chi connectivity index (χ3n) is 3.21. The van der Waals surface area contributed by atoms with Gasteiger partial charge in [-0.2, -0.15) is 0 Å². The second-order valence-electron chi connectivity index (χ2n) is 5.66. The Hall–Kier alpha value is 0.427. The zero-order valence-electron chi connectivity index (χ0n) is 11.6. The highest BCUT2D eigenvalue weighted by molar-refractivity contribution is 9.11. The van der Waals surface area contributed by atoms with Crippen LogP contribution in [0, 0.1) is 0 Å². The smallest absolute Gasteiger partial charge is 0.191 e. The van der Waals surface area contributed by atoms with E-state index in [1.165, 1.54) is 0 Å². The van der Waals surface area contributed by atoms with E-state index in [0.717, 1.165) is 22.4 Å². The minimum atomic E-state index is -1.64. The van der Waals surface area contributed by atoms with Crippen LogP contribution >= 0.6 is 27.5 Å². The normalized spacial score (nSPS) is 14.5. The molecular weight excluding hydrogens is 316 g/mol. The van der Waals surface area contributed by atoms with Crippen LogP contribution in [-0.2, 0) is 4.43 Å². The zero-order chi connectivity index (χ0) is 13.7. The van der Waals surface area contributed by atoms with E-state index in [1.54, 1.807) is 0 Å². The first kappa shape index (κ1) is 17.4. The fourth-order valence-electron chi connectivity index (χ4n) is 0.985. The minimum absolute atomic E-state index is 0.252. The maximum absolute atomic E-state index is 6.17. The van der Waals surface area contributed by atoms with Crippen LogP contribution in [0.1, 0.15) is 33.6 Å². The van der Waals surface area contributed by atoms with Gasteiger partial charge in [-0.15, -0.1) is 6.58 Å². The first-order valence-electron chi connectivity index (χ1n) is 5.89. The lowest BCUT2D eigenvalue weighted by atomic mass is 10.2. The van der Waals surface area contributed by atoms with E-state index in [9.17, 15) is 0 Å². The quantitative estimate of drug-likeness (QED) is 0.437. The van der Waals surface area contributed by atoms with Gasteiger partial charge in [0.25, 0.3) is 0 Å². The molecule has 0 aliphatic heterocycles. The molecule has 4 heteroatoms. The Balaban J connectivity index is 4.25. The van der Waals surface area contributed by atoms with Crippen LogP contribution in [0.25, 0.3) is 0 Å². The lowest BCUT2D eigenvalue weighted by Crippen LogP contribution is -2.40. The molecule has 0 aromatic heterocycles. The van der Waals surface area contributed by atoms with Crippen LogP contribution in [0.4, 0.5) is 0 Å². The van der Waals surface area contributed by atoms with Gasteiger partial charge in [0.1, 0.15) is 0 Å². The molecule has 100 valence electrons. The first-order valence-corrected chi connectivity index (χ1v) is 9.97. The number of halogens is 2. The Bertz CT molecular complexity index is 292. The van der Waals surface area contributed by atoms with Gasteiger partial charge in [-0.1, -0.05) is 54.4 Å². The second-order valence-corrected chi connectivity index (χ2v) is 11.9. The maximum Gasteiger partial charge on any atom is 0.191 e. The van der Waals surface area contributed by atoms with Crippen molar-refractivity contribution in [2.45, 2.75) is 51.7 Å². The third kappa shape index (κ3) is 6.23. The second kappa shape index (κ2) is 7.12. The van der Waals surface area contributed by atoms with E-state index in [-0.39, 0.29) is 5.04 Å². The van der Waals surface area contributed by atoms with Crippen LogP contribution in [0.3, 0.4) is 0 Å². The summed E-state index contributed by atoms with van der Waals surface area (Å²) in [5.41, 5.74) is 0. The van der Waals surface area contributed by atoms with Crippen molar-refractivity contribution in [2.75, 3.05) is 6.61 Å². The van der Waals surface area contributed by atoms with Crippen molar-refractivity contribution < 1.29 is 4.43 Å². The van der Waals surface area contributed by atoms with Crippen molar-refractivity contribution >= 4 is 35.8 Å². The molecule has 0 aromatic rings. The summed E-state index contributed by atoms with van der Waals surface area (Å²) in [6.07, 6.45) is 3.38. The lowest BCUT2D eigenvalue weighted by Gasteiger charge is -2.36. The van der Waals surface area contributed by atoms with Crippen molar-refractivity contribution in [1.82, 2.24) is 0 Å². The molecule has 0 bridgehead atoms. The molecule has 0 saturated heterocycles. The molecule has 0 heterocycles. The zero-order valence-corrected chi connectivity index (χ0v) is 14.9. The number of allylic oxidation sites excluding steroid dienone is 2. The third-order valence-corrected chi connectivity index (χ3v) is 9.19.